The smallest absolute Gasteiger partial charge is 0.145 e. The zero-order valence-electron chi connectivity index (χ0n) is 15.2. The number of hydrogen-bond acceptors (Lipinski definition) is 3. The summed E-state index contributed by atoms with van der Waals surface area (Å²) in [6, 6.07) is 18.7. The summed E-state index contributed by atoms with van der Waals surface area (Å²) in [6.07, 6.45) is 4.31. The molecule has 1 aliphatic heterocycles. The van der Waals surface area contributed by atoms with E-state index in [4.69, 9.17) is 9.84 Å². The van der Waals surface area contributed by atoms with Crippen molar-refractivity contribution in [3.05, 3.63) is 71.4 Å². The molecule has 0 fully saturated rings. The van der Waals surface area contributed by atoms with Gasteiger partial charge in [-0.2, -0.15) is 5.10 Å². The summed E-state index contributed by atoms with van der Waals surface area (Å²) in [5.74, 6) is 2.00. The van der Waals surface area contributed by atoms with Crippen LogP contribution in [0.4, 0.5) is 5.82 Å². The summed E-state index contributed by atoms with van der Waals surface area (Å²) in [7, 11) is 0. The number of hydrogen-bond donors (Lipinski definition) is 1. The van der Waals surface area contributed by atoms with E-state index in [1.165, 1.54) is 24.0 Å². The summed E-state index contributed by atoms with van der Waals surface area (Å²) in [4.78, 5) is 0. The fourth-order valence-corrected chi connectivity index (χ4v) is 3.59. The summed E-state index contributed by atoms with van der Waals surface area (Å²) < 4.78 is 7.90. The molecular weight excluding hydrogens is 322 g/mol. The van der Waals surface area contributed by atoms with Gasteiger partial charge in [0.1, 0.15) is 17.3 Å². The zero-order chi connectivity index (χ0) is 17.8. The molecule has 3 aromatic rings. The molecule has 0 unspecified atom stereocenters. The molecule has 4 nitrogen and oxygen atoms in total. The standard InChI is InChI=1S/C22H25N3O/c1-2-26-21-14-7-6-13-20(21)25-22-18(12-8-9-15-23-22)19(24-25)16-17-10-4-3-5-11-17/h3-7,10-11,13-14,23H,2,8-9,12,15-16H2,1H3. The first kappa shape index (κ1) is 16.7. The van der Waals surface area contributed by atoms with Gasteiger partial charge in [0.05, 0.1) is 12.3 Å². The number of fused-ring (bicyclic) bond motifs is 1. The fourth-order valence-electron chi connectivity index (χ4n) is 3.59. The first-order chi connectivity index (χ1) is 12.9. The Morgan fingerprint density at radius 3 is 2.69 bits per heavy atom. The molecule has 1 aliphatic rings. The number of nitrogens with zero attached hydrogens (tertiary/aromatic N) is 2. The van der Waals surface area contributed by atoms with E-state index in [-0.39, 0.29) is 0 Å². The van der Waals surface area contributed by atoms with Crippen LogP contribution in [0.1, 0.15) is 36.6 Å². The Bertz CT molecular complexity index is 870. The van der Waals surface area contributed by atoms with Gasteiger partial charge in [-0.15, -0.1) is 0 Å². The predicted octanol–water partition coefficient (Wildman–Crippen LogP) is 4.61. The number of para-hydroxylation sites is 2. The van der Waals surface area contributed by atoms with Gasteiger partial charge in [-0.3, -0.25) is 0 Å². The highest BCUT2D eigenvalue weighted by Crippen LogP contribution is 2.32. The van der Waals surface area contributed by atoms with Crippen molar-refractivity contribution in [3.63, 3.8) is 0 Å². The van der Waals surface area contributed by atoms with Gasteiger partial charge in [-0.1, -0.05) is 42.5 Å². The Labute approximate surface area is 154 Å². The third kappa shape index (κ3) is 3.32. The van der Waals surface area contributed by atoms with Crippen LogP contribution >= 0.6 is 0 Å². The number of aromatic nitrogens is 2. The number of anilines is 1. The van der Waals surface area contributed by atoms with Crippen molar-refractivity contribution in [1.82, 2.24) is 9.78 Å². The van der Waals surface area contributed by atoms with Crippen molar-refractivity contribution < 1.29 is 4.74 Å². The van der Waals surface area contributed by atoms with E-state index >= 15 is 0 Å². The predicted molar refractivity (Wildman–Crippen MR) is 105 cm³/mol. The number of ether oxygens (including phenoxy) is 1. The van der Waals surface area contributed by atoms with Gasteiger partial charge in [0.25, 0.3) is 0 Å². The van der Waals surface area contributed by atoms with Crippen LogP contribution in [0.25, 0.3) is 5.69 Å². The third-order valence-electron chi connectivity index (χ3n) is 4.82. The molecule has 2 heterocycles. The van der Waals surface area contributed by atoms with Crippen LogP contribution in [0, 0.1) is 0 Å². The minimum absolute atomic E-state index is 0.644. The third-order valence-corrected chi connectivity index (χ3v) is 4.82. The van der Waals surface area contributed by atoms with Crippen molar-refractivity contribution in [2.75, 3.05) is 18.5 Å². The van der Waals surface area contributed by atoms with Crippen LogP contribution in [0.3, 0.4) is 0 Å². The molecule has 0 radical (unpaired) electrons. The Kier molecular flexibility index (Phi) is 4.91. The summed E-state index contributed by atoms with van der Waals surface area (Å²) in [5.41, 5.74) is 4.80. The van der Waals surface area contributed by atoms with Gasteiger partial charge in [0.2, 0.25) is 0 Å². The normalized spacial score (nSPS) is 13.6. The maximum absolute atomic E-state index is 5.85. The number of rotatable bonds is 5. The SMILES string of the molecule is CCOc1ccccc1-n1nc(Cc2ccccc2)c2c1NCCCC2. The van der Waals surface area contributed by atoms with E-state index in [0.717, 1.165) is 42.3 Å². The van der Waals surface area contributed by atoms with Gasteiger partial charge in [0, 0.05) is 18.5 Å². The highest BCUT2D eigenvalue weighted by atomic mass is 16.5. The second-order valence-corrected chi connectivity index (χ2v) is 6.63. The second kappa shape index (κ2) is 7.65. The van der Waals surface area contributed by atoms with Crippen LogP contribution in [0.15, 0.2) is 54.6 Å². The van der Waals surface area contributed by atoms with Crippen molar-refractivity contribution in [3.8, 4) is 11.4 Å². The first-order valence-electron chi connectivity index (χ1n) is 9.47. The molecular formula is C22H25N3O. The van der Waals surface area contributed by atoms with Crippen LogP contribution in [0.5, 0.6) is 5.75 Å². The lowest BCUT2D eigenvalue weighted by atomic mass is 10.0. The summed E-state index contributed by atoms with van der Waals surface area (Å²) >= 11 is 0. The summed E-state index contributed by atoms with van der Waals surface area (Å²) in [6.45, 7) is 3.64. The van der Waals surface area contributed by atoms with Gasteiger partial charge in [0.15, 0.2) is 0 Å². The first-order valence-corrected chi connectivity index (χ1v) is 9.47. The van der Waals surface area contributed by atoms with Crippen LogP contribution < -0.4 is 10.1 Å². The minimum atomic E-state index is 0.644. The van der Waals surface area contributed by atoms with Gasteiger partial charge in [-0.25, -0.2) is 4.68 Å². The van der Waals surface area contributed by atoms with Gasteiger partial charge in [-0.05, 0) is 43.9 Å². The molecule has 0 atom stereocenters. The molecule has 4 rings (SSSR count). The topological polar surface area (TPSA) is 39.1 Å². The monoisotopic (exact) mass is 347 g/mol. The van der Waals surface area contributed by atoms with E-state index in [9.17, 15) is 0 Å². The molecule has 2 aromatic carbocycles. The molecule has 0 saturated heterocycles. The maximum Gasteiger partial charge on any atom is 0.145 e. The quantitative estimate of drug-likeness (QED) is 0.732. The number of nitrogens with one attached hydrogen (secondary N) is 1. The summed E-state index contributed by atoms with van der Waals surface area (Å²) in [5, 5.41) is 8.63. The molecule has 1 N–H and O–H groups in total. The molecule has 0 spiro atoms. The van der Waals surface area contributed by atoms with E-state index < -0.39 is 0 Å². The molecule has 134 valence electrons. The average molecular weight is 347 g/mol. The largest absolute Gasteiger partial charge is 0.492 e. The molecule has 26 heavy (non-hydrogen) atoms. The molecule has 1 aromatic heterocycles. The van der Waals surface area contributed by atoms with Crippen molar-refractivity contribution in [1.29, 1.82) is 0 Å². The van der Waals surface area contributed by atoms with Crippen molar-refractivity contribution in [2.24, 2.45) is 0 Å². The lowest BCUT2D eigenvalue weighted by molar-refractivity contribution is 0.338. The maximum atomic E-state index is 5.85. The Morgan fingerprint density at radius 1 is 1.04 bits per heavy atom. The van der Waals surface area contributed by atoms with Crippen LogP contribution in [-0.2, 0) is 12.8 Å². The second-order valence-electron chi connectivity index (χ2n) is 6.63. The number of benzene rings is 2. The highest BCUT2D eigenvalue weighted by molar-refractivity contribution is 5.58. The van der Waals surface area contributed by atoms with E-state index in [0.29, 0.717) is 6.61 Å². The van der Waals surface area contributed by atoms with Gasteiger partial charge >= 0.3 is 0 Å². The average Bonchev–Trinajstić information content (AvgIpc) is 2.84. The lowest BCUT2D eigenvalue weighted by Gasteiger charge is -2.13. The Morgan fingerprint density at radius 2 is 1.85 bits per heavy atom. The van der Waals surface area contributed by atoms with Crippen molar-refractivity contribution in [2.45, 2.75) is 32.6 Å². The molecule has 0 aliphatic carbocycles. The Balaban J connectivity index is 1.80. The van der Waals surface area contributed by atoms with Gasteiger partial charge < -0.3 is 10.1 Å². The zero-order valence-corrected chi connectivity index (χ0v) is 15.2. The van der Waals surface area contributed by atoms with E-state index in [1.54, 1.807) is 0 Å². The molecule has 0 saturated carbocycles. The lowest BCUT2D eigenvalue weighted by Crippen LogP contribution is -2.08. The van der Waals surface area contributed by atoms with E-state index in [1.807, 2.05) is 29.8 Å². The van der Waals surface area contributed by atoms with E-state index in [2.05, 4.69) is 41.7 Å². The molecule has 4 heteroatoms. The fraction of sp³-hybridized carbons (Fsp3) is 0.318. The van der Waals surface area contributed by atoms with Crippen LogP contribution in [0.2, 0.25) is 0 Å². The van der Waals surface area contributed by atoms with Crippen LogP contribution in [-0.4, -0.2) is 22.9 Å². The molecule has 0 amide bonds. The minimum Gasteiger partial charge on any atom is -0.492 e. The Hall–Kier alpha value is -2.75. The van der Waals surface area contributed by atoms with Crippen molar-refractivity contribution >= 4 is 5.82 Å². The molecule has 0 bridgehead atoms. The highest BCUT2D eigenvalue weighted by Gasteiger charge is 2.22.